The zero-order chi connectivity index (χ0) is 16.7. The zero-order valence-electron chi connectivity index (χ0n) is 13.2. The second-order valence-corrected chi connectivity index (χ2v) is 6.81. The number of nitrogens with one attached hydrogen (secondary N) is 2. The van der Waals surface area contributed by atoms with Crippen LogP contribution in [0.4, 0.5) is 11.5 Å². The van der Waals surface area contributed by atoms with Crippen molar-refractivity contribution >= 4 is 21.5 Å². The van der Waals surface area contributed by atoms with E-state index in [0.717, 1.165) is 24.2 Å². The van der Waals surface area contributed by atoms with Gasteiger partial charge in [0.25, 0.3) is 10.0 Å². The molecule has 0 unspecified atom stereocenters. The van der Waals surface area contributed by atoms with Gasteiger partial charge in [-0.05, 0) is 43.2 Å². The molecule has 1 heterocycles. The minimum atomic E-state index is -3.62. The van der Waals surface area contributed by atoms with Crippen molar-refractivity contribution in [2.75, 3.05) is 30.3 Å². The molecule has 124 valence electrons. The van der Waals surface area contributed by atoms with E-state index in [1.807, 2.05) is 13.0 Å². The number of methoxy groups -OCH3 is 1. The number of aromatic nitrogens is 1. The molecule has 0 spiro atoms. The largest absolute Gasteiger partial charge is 0.385 e. The standard InChI is InChI=1S/C16H21N3O3S/c1-13-5-3-6-15(11-13)23(20,21)19-16-8-7-14(12-18-16)17-9-4-10-22-2/h3,5-8,11-12,17H,4,9-10H2,1-2H3,(H,18,19). The maximum absolute atomic E-state index is 12.3. The van der Waals surface area contributed by atoms with Gasteiger partial charge in [-0.3, -0.25) is 4.72 Å². The Morgan fingerprint density at radius 1 is 1.22 bits per heavy atom. The Labute approximate surface area is 137 Å². The van der Waals surface area contributed by atoms with E-state index >= 15 is 0 Å². The summed E-state index contributed by atoms with van der Waals surface area (Å²) in [5.74, 6) is 0.286. The van der Waals surface area contributed by atoms with Crippen LogP contribution >= 0.6 is 0 Å². The Hall–Kier alpha value is -2.12. The number of hydrogen-bond acceptors (Lipinski definition) is 5. The minimum Gasteiger partial charge on any atom is -0.385 e. The third kappa shape index (κ3) is 5.22. The summed E-state index contributed by atoms with van der Waals surface area (Å²) in [7, 11) is -1.96. The highest BCUT2D eigenvalue weighted by atomic mass is 32.2. The van der Waals surface area contributed by atoms with Gasteiger partial charge in [-0.15, -0.1) is 0 Å². The number of rotatable bonds is 8. The molecule has 2 N–H and O–H groups in total. The smallest absolute Gasteiger partial charge is 0.263 e. The molecular weight excluding hydrogens is 314 g/mol. The molecule has 2 rings (SSSR count). The lowest BCUT2D eigenvalue weighted by atomic mass is 10.2. The highest BCUT2D eigenvalue weighted by Gasteiger charge is 2.14. The molecule has 1 aromatic carbocycles. The van der Waals surface area contributed by atoms with Crippen LogP contribution in [-0.4, -0.2) is 33.7 Å². The van der Waals surface area contributed by atoms with E-state index in [-0.39, 0.29) is 10.7 Å². The van der Waals surface area contributed by atoms with E-state index in [1.54, 1.807) is 43.6 Å². The van der Waals surface area contributed by atoms with Gasteiger partial charge in [0.2, 0.25) is 0 Å². The van der Waals surface area contributed by atoms with Crippen molar-refractivity contribution in [3.05, 3.63) is 48.2 Å². The fourth-order valence-corrected chi connectivity index (χ4v) is 3.10. The summed E-state index contributed by atoms with van der Waals surface area (Å²) in [4.78, 5) is 4.35. The van der Waals surface area contributed by atoms with Crippen LogP contribution in [0.2, 0.25) is 0 Å². The van der Waals surface area contributed by atoms with E-state index in [4.69, 9.17) is 4.74 Å². The van der Waals surface area contributed by atoms with Crippen LogP contribution in [0.15, 0.2) is 47.5 Å². The topological polar surface area (TPSA) is 80.3 Å². The van der Waals surface area contributed by atoms with Crippen molar-refractivity contribution in [1.82, 2.24) is 4.98 Å². The van der Waals surface area contributed by atoms with Crippen LogP contribution in [0.5, 0.6) is 0 Å². The minimum absolute atomic E-state index is 0.223. The Bertz CT molecular complexity index is 730. The van der Waals surface area contributed by atoms with E-state index in [2.05, 4.69) is 15.0 Å². The molecule has 7 heteroatoms. The predicted molar refractivity (Wildman–Crippen MR) is 91.2 cm³/mol. The summed E-state index contributed by atoms with van der Waals surface area (Å²) in [6, 6.07) is 10.2. The van der Waals surface area contributed by atoms with E-state index in [9.17, 15) is 8.42 Å². The van der Waals surface area contributed by atoms with Crippen molar-refractivity contribution in [2.24, 2.45) is 0 Å². The van der Waals surface area contributed by atoms with Gasteiger partial charge in [-0.1, -0.05) is 12.1 Å². The van der Waals surface area contributed by atoms with Crippen LogP contribution in [-0.2, 0) is 14.8 Å². The van der Waals surface area contributed by atoms with Crippen molar-refractivity contribution in [3.63, 3.8) is 0 Å². The molecule has 0 bridgehead atoms. The van der Waals surface area contributed by atoms with Crippen molar-refractivity contribution < 1.29 is 13.2 Å². The van der Waals surface area contributed by atoms with Crippen LogP contribution in [0, 0.1) is 6.92 Å². The Morgan fingerprint density at radius 2 is 2.04 bits per heavy atom. The number of pyridine rings is 1. The first-order chi connectivity index (χ1) is 11.0. The molecule has 0 aliphatic heterocycles. The van der Waals surface area contributed by atoms with Gasteiger partial charge in [-0.25, -0.2) is 13.4 Å². The number of hydrogen-bond donors (Lipinski definition) is 2. The van der Waals surface area contributed by atoms with E-state index in [1.165, 1.54) is 0 Å². The molecule has 23 heavy (non-hydrogen) atoms. The molecule has 0 amide bonds. The number of ether oxygens (including phenoxy) is 1. The summed E-state index contributed by atoms with van der Waals surface area (Å²) >= 11 is 0. The highest BCUT2D eigenvalue weighted by molar-refractivity contribution is 7.92. The average molecular weight is 335 g/mol. The first-order valence-corrected chi connectivity index (χ1v) is 8.78. The highest BCUT2D eigenvalue weighted by Crippen LogP contribution is 2.16. The van der Waals surface area contributed by atoms with E-state index in [0.29, 0.717) is 6.61 Å². The summed E-state index contributed by atoms with van der Waals surface area (Å²) < 4.78 is 32.1. The summed E-state index contributed by atoms with van der Waals surface area (Å²) in [6.07, 6.45) is 2.49. The average Bonchev–Trinajstić information content (AvgIpc) is 2.53. The van der Waals surface area contributed by atoms with Crippen molar-refractivity contribution in [2.45, 2.75) is 18.2 Å². The fourth-order valence-electron chi connectivity index (χ4n) is 1.99. The first kappa shape index (κ1) is 17.2. The Balaban J connectivity index is 2.00. The zero-order valence-corrected chi connectivity index (χ0v) is 14.1. The second-order valence-electron chi connectivity index (χ2n) is 5.13. The van der Waals surface area contributed by atoms with Crippen LogP contribution in [0.25, 0.3) is 0 Å². The van der Waals surface area contributed by atoms with Crippen LogP contribution in [0.1, 0.15) is 12.0 Å². The Kier molecular flexibility index (Phi) is 5.95. The molecule has 0 aliphatic rings. The molecule has 0 saturated heterocycles. The molecule has 0 fully saturated rings. The molecule has 0 radical (unpaired) electrons. The molecule has 1 aromatic heterocycles. The second kappa shape index (κ2) is 7.94. The number of aryl methyl sites for hydroxylation is 1. The SMILES string of the molecule is COCCCNc1ccc(NS(=O)(=O)c2cccc(C)c2)nc1. The van der Waals surface area contributed by atoms with Gasteiger partial charge in [0.1, 0.15) is 5.82 Å². The molecule has 0 saturated carbocycles. The molecule has 0 atom stereocenters. The predicted octanol–water partition coefficient (Wildman–Crippen LogP) is 2.64. The molecule has 6 nitrogen and oxygen atoms in total. The molecular formula is C16H21N3O3S. The molecule has 0 aliphatic carbocycles. The quantitative estimate of drug-likeness (QED) is 0.725. The number of anilines is 2. The summed E-state index contributed by atoms with van der Waals surface area (Å²) in [5.41, 5.74) is 1.72. The number of benzene rings is 1. The maximum atomic E-state index is 12.3. The summed E-state index contributed by atoms with van der Waals surface area (Å²) in [6.45, 7) is 3.31. The van der Waals surface area contributed by atoms with Gasteiger partial charge >= 0.3 is 0 Å². The van der Waals surface area contributed by atoms with Crippen molar-refractivity contribution in [1.29, 1.82) is 0 Å². The fraction of sp³-hybridized carbons (Fsp3) is 0.312. The third-order valence-corrected chi connectivity index (χ3v) is 4.51. The van der Waals surface area contributed by atoms with Crippen LogP contribution < -0.4 is 10.0 Å². The van der Waals surface area contributed by atoms with Gasteiger partial charge in [0, 0.05) is 20.3 Å². The van der Waals surface area contributed by atoms with Gasteiger partial charge in [0.05, 0.1) is 16.8 Å². The normalized spacial score (nSPS) is 11.2. The van der Waals surface area contributed by atoms with Crippen LogP contribution in [0.3, 0.4) is 0 Å². The van der Waals surface area contributed by atoms with Gasteiger partial charge in [0.15, 0.2) is 0 Å². The summed E-state index contributed by atoms with van der Waals surface area (Å²) in [5, 5.41) is 3.19. The number of nitrogens with zero attached hydrogens (tertiary/aromatic N) is 1. The van der Waals surface area contributed by atoms with Gasteiger partial charge < -0.3 is 10.1 Å². The first-order valence-electron chi connectivity index (χ1n) is 7.29. The lowest BCUT2D eigenvalue weighted by Gasteiger charge is -2.09. The maximum Gasteiger partial charge on any atom is 0.263 e. The lowest BCUT2D eigenvalue weighted by Crippen LogP contribution is -2.14. The lowest BCUT2D eigenvalue weighted by molar-refractivity contribution is 0.198. The van der Waals surface area contributed by atoms with E-state index < -0.39 is 10.0 Å². The number of sulfonamides is 1. The molecule has 2 aromatic rings. The third-order valence-electron chi connectivity index (χ3n) is 3.16. The Morgan fingerprint density at radius 3 is 2.70 bits per heavy atom. The van der Waals surface area contributed by atoms with Gasteiger partial charge in [-0.2, -0.15) is 0 Å². The van der Waals surface area contributed by atoms with Crippen molar-refractivity contribution in [3.8, 4) is 0 Å². The monoisotopic (exact) mass is 335 g/mol.